The van der Waals surface area contributed by atoms with E-state index >= 15 is 0 Å². The molecule has 1 aliphatic heterocycles. The average molecular weight is 148 g/mol. The zero-order valence-electron chi connectivity index (χ0n) is 5.22. The molecule has 0 bridgehead atoms. The molecule has 0 unspecified atom stereocenters. The molecule has 0 aliphatic carbocycles. The molecule has 0 radical (unpaired) electrons. The summed E-state index contributed by atoms with van der Waals surface area (Å²) in [5.41, 5.74) is 0. The second-order valence-corrected chi connectivity index (χ2v) is 5.03. The lowest BCUT2D eigenvalue weighted by atomic mass is 10.1. The van der Waals surface area contributed by atoms with Crippen LogP contribution in [0.5, 0.6) is 0 Å². The molecule has 1 heterocycles. The second-order valence-electron chi connectivity index (χ2n) is 2.33. The fourth-order valence-corrected chi connectivity index (χ4v) is 3.28. The van der Waals surface area contributed by atoms with Crippen molar-refractivity contribution < 1.29 is 0 Å². The Bertz CT molecular complexity index is 55.5. The van der Waals surface area contributed by atoms with Crippen molar-refractivity contribution in [1.29, 1.82) is 0 Å². The molecule has 0 aromatic heterocycles. The fraction of sp³-hybridized carbons (Fsp3) is 1.00. The molecule has 8 heavy (non-hydrogen) atoms. The highest BCUT2D eigenvalue weighted by molar-refractivity contribution is 8.76. The van der Waals surface area contributed by atoms with E-state index in [0.717, 1.165) is 5.92 Å². The van der Waals surface area contributed by atoms with E-state index < -0.39 is 0 Å². The maximum atomic E-state index is 2.35. The van der Waals surface area contributed by atoms with Gasteiger partial charge in [0.25, 0.3) is 0 Å². The zero-order chi connectivity index (χ0) is 5.82. The van der Waals surface area contributed by atoms with Crippen molar-refractivity contribution in [3.8, 4) is 0 Å². The Hall–Kier alpha value is 0.700. The molecule has 2 heteroatoms. The van der Waals surface area contributed by atoms with Crippen molar-refractivity contribution in [3.63, 3.8) is 0 Å². The molecule has 1 aliphatic rings. The van der Waals surface area contributed by atoms with Gasteiger partial charge in [-0.25, -0.2) is 0 Å². The highest BCUT2D eigenvalue weighted by Crippen LogP contribution is 2.30. The van der Waals surface area contributed by atoms with Crippen LogP contribution < -0.4 is 0 Å². The molecule has 0 amide bonds. The molecule has 0 saturated carbocycles. The molecular weight excluding hydrogens is 136 g/mol. The third kappa shape index (κ3) is 2.31. The number of rotatable bonds is 0. The standard InChI is InChI=1S/C6H12S2/c1-6-2-4-7-8-5-3-6/h6H,2-5H2,1H3. The SMILES string of the molecule is CC1CCSSCC1. The second kappa shape index (κ2) is 3.67. The van der Waals surface area contributed by atoms with Crippen molar-refractivity contribution in [3.05, 3.63) is 0 Å². The first-order chi connectivity index (χ1) is 3.89. The molecule has 0 N–H and O–H groups in total. The van der Waals surface area contributed by atoms with Gasteiger partial charge in [0.2, 0.25) is 0 Å². The first kappa shape index (κ1) is 6.81. The highest BCUT2D eigenvalue weighted by atomic mass is 33.1. The summed E-state index contributed by atoms with van der Waals surface area (Å²) in [5.74, 6) is 3.72. The van der Waals surface area contributed by atoms with Gasteiger partial charge < -0.3 is 0 Å². The summed E-state index contributed by atoms with van der Waals surface area (Å²) < 4.78 is 0. The summed E-state index contributed by atoms with van der Waals surface area (Å²) in [4.78, 5) is 0. The van der Waals surface area contributed by atoms with Crippen molar-refractivity contribution in [2.75, 3.05) is 11.5 Å². The van der Waals surface area contributed by atoms with Crippen molar-refractivity contribution in [2.45, 2.75) is 19.8 Å². The third-order valence-electron chi connectivity index (χ3n) is 1.47. The summed E-state index contributed by atoms with van der Waals surface area (Å²) in [6.07, 6.45) is 2.86. The smallest absolute Gasteiger partial charge is 0.00394 e. The summed E-state index contributed by atoms with van der Waals surface area (Å²) in [6, 6.07) is 0. The Balaban J connectivity index is 2.17. The van der Waals surface area contributed by atoms with E-state index in [1.165, 1.54) is 24.3 Å². The first-order valence-corrected chi connectivity index (χ1v) is 5.63. The summed E-state index contributed by atoms with van der Waals surface area (Å²) in [7, 11) is 4.07. The predicted molar refractivity (Wildman–Crippen MR) is 43.3 cm³/mol. The molecule has 1 saturated heterocycles. The Morgan fingerprint density at radius 2 is 1.62 bits per heavy atom. The quantitative estimate of drug-likeness (QED) is 0.484. The number of hydrogen-bond donors (Lipinski definition) is 0. The molecule has 0 aromatic carbocycles. The van der Waals surface area contributed by atoms with Gasteiger partial charge in [-0.2, -0.15) is 0 Å². The summed E-state index contributed by atoms with van der Waals surface area (Å²) in [5, 5.41) is 0. The van der Waals surface area contributed by atoms with E-state index in [1.54, 1.807) is 0 Å². The van der Waals surface area contributed by atoms with Gasteiger partial charge in [-0.05, 0) is 18.8 Å². The van der Waals surface area contributed by atoms with Crippen LogP contribution in [0.4, 0.5) is 0 Å². The van der Waals surface area contributed by atoms with Gasteiger partial charge in [-0.15, -0.1) is 0 Å². The average Bonchev–Trinajstić information content (AvgIpc) is 1.94. The minimum Gasteiger partial charge on any atom is -0.0941 e. The van der Waals surface area contributed by atoms with Crippen molar-refractivity contribution >= 4 is 21.6 Å². The van der Waals surface area contributed by atoms with Crippen LogP contribution in [-0.2, 0) is 0 Å². The van der Waals surface area contributed by atoms with Crippen LogP contribution >= 0.6 is 21.6 Å². The largest absolute Gasteiger partial charge is 0.0941 e. The topological polar surface area (TPSA) is 0 Å². The fourth-order valence-electron chi connectivity index (χ4n) is 0.761. The first-order valence-electron chi connectivity index (χ1n) is 3.14. The monoisotopic (exact) mass is 148 g/mol. The van der Waals surface area contributed by atoms with Crippen LogP contribution in [0.15, 0.2) is 0 Å². The van der Waals surface area contributed by atoms with Gasteiger partial charge in [0.15, 0.2) is 0 Å². The molecule has 1 fully saturated rings. The van der Waals surface area contributed by atoms with E-state index in [2.05, 4.69) is 6.92 Å². The van der Waals surface area contributed by atoms with Crippen LogP contribution in [-0.4, -0.2) is 11.5 Å². The van der Waals surface area contributed by atoms with E-state index in [9.17, 15) is 0 Å². The Morgan fingerprint density at radius 1 is 1.12 bits per heavy atom. The van der Waals surface area contributed by atoms with E-state index in [-0.39, 0.29) is 0 Å². The molecule has 0 spiro atoms. The summed E-state index contributed by atoms with van der Waals surface area (Å²) >= 11 is 0. The summed E-state index contributed by atoms with van der Waals surface area (Å²) in [6.45, 7) is 2.35. The highest BCUT2D eigenvalue weighted by Gasteiger charge is 2.05. The van der Waals surface area contributed by atoms with Gasteiger partial charge in [-0.3, -0.25) is 0 Å². The molecular formula is C6H12S2. The Labute approximate surface area is 59.2 Å². The maximum Gasteiger partial charge on any atom is 0.00394 e. The van der Waals surface area contributed by atoms with E-state index in [4.69, 9.17) is 0 Å². The predicted octanol–water partition coefficient (Wildman–Crippen LogP) is 2.80. The van der Waals surface area contributed by atoms with Crippen LogP contribution in [0.1, 0.15) is 19.8 Å². The van der Waals surface area contributed by atoms with Gasteiger partial charge in [0.05, 0.1) is 0 Å². The minimum atomic E-state index is 0.984. The van der Waals surface area contributed by atoms with Gasteiger partial charge >= 0.3 is 0 Å². The van der Waals surface area contributed by atoms with Gasteiger partial charge in [0.1, 0.15) is 0 Å². The van der Waals surface area contributed by atoms with Crippen LogP contribution in [0.3, 0.4) is 0 Å². The molecule has 1 rings (SSSR count). The van der Waals surface area contributed by atoms with E-state index in [1.807, 2.05) is 21.6 Å². The molecule has 0 nitrogen and oxygen atoms in total. The lowest BCUT2D eigenvalue weighted by Crippen LogP contribution is -1.93. The van der Waals surface area contributed by atoms with Crippen LogP contribution in [0.25, 0.3) is 0 Å². The van der Waals surface area contributed by atoms with Gasteiger partial charge in [0, 0.05) is 11.5 Å². The normalized spacial score (nSPS) is 25.1. The minimum absolute atomic E-state index is 0.984. The lowest BCUT2D eigenvalue weighted by Gasteiger charge is -2.01. The Morgan fingerprint density at radius 3 is 2.12 bits per heavy atom. The lowest BCUT2D eigenvalue weighted by molar-refractivity contribution is 0.556. The van der Waals surface area contributed by atoms with E-state index in [0.29, 0.717) is 0 Å². The van der Waals surface area contributed by atoms with Gasteiger partial charge in [-0.1, -0.05) is 28.5 Å². The van der Waals surface area contributed by atoms with Crippen LogP contribution in [0, 0.1) is 5.92 Å². The third-order valence-corrected chi connectivity index (χ3v) is 3.94. The van der Waals surface area contributed by atoms with Crippen molar-refractivity contribution in [2.24, 2.45) is 5.92 Å². The molecule has 48 valence electrons. The zero-order valence-corrected chi connectivity index (χ0v) is 6.86. The number of hydrogen-bond acceptors (Lipinski definition) is 2. The van der Waals surface area contributed by atoms with Crippen LogP contribution in [0.2, 0.25) is 0 Å². The Kier molecular flexibility index (Phi) is 3.13. The molecule has 0 atom stereocenters. The molecule has 0 aromatic rings. The maximum absolute atomic E-state index is 2.35. The van der Waals surface area contributed by atoms with Crippen molar-refractivity contribution in [1.82, 2.24) is 0 Å².